The first-order chi connectivity index (χ1) is 6.63. The molecule has 6 heteroatoms. The van der Waals surface area contributed by atoms with Crippen molar-refractivity contribution in [1.82, 2.24) is 10.8 Å². The summed E-state index contributed by atoms with van der Waals surface area (Å²) in [4.78, 5) is 25.4. The molecule has 0 aromatic carbocycles. The molecule has 0 aromatic rings. The molecule has 0 aromatic heterocycles. The lowest BCUT2D eigenvalue weighted by atomic mass is 10.3. The van der Waals surface area contributed by atoms with E-state index in [1.165, 1.54) is 0 Å². The van der Waals surface area contributed by atoms with Crippen LogP contribution in [0.1, 0.15) is 19.8 Å². The minimum Gasteiger partial charge on any atom is -0.479 e. The molecule has 2 unspecified atom stereocenters. The molecular formula is C8H14N2O4. The third-order valence-electron chi connectivity index (χ3n) is 2.12. The summed E-state index contributed by atoms with van der Waals surface area (Å²) in [6.45, 7) is 1.53. The predicted octanol–water partition coefficient (Wildman–Crippen LogP) is 0.100. The van der Waals surface area contributed by atoms with Crippen LogP contribution in [0.15, 0.2) is 0 Å². The second-order valence-corrected chi connectivity index (χ2v) is 3.27. The number of carbonyl (C=O) groups is 2. The number of amides is 2. The van der Waals surface area contributed by atoms with Gasteiger partial charge in [0.05, 0.1) is 0 Å². The van der Waals surface area contributed by atoms with Gasteiger partial charge in [0.1, 0.15) is 0 Å². The van der Waals surface area contributed by atoms with E-state index in [2.05, 4.69) is 17.1 Å². The molecule has 3 N–H and O–H groups in total. The lowest BCUT2D eigenvalue weighted by molar-refractivity contribution is -0.144. The van der Waals surface area contributed by atoms with Gasteiger partial charge >= 0.3 is 12.0 Å². The zero-order valence-corrected chi connectivity index (χ0v) is 7.95. The molecule has 2 atom stereocenters. The van der Waals surface area contributed by atoms with E-state index in [0.29, 0.717) is 5.92 Å². The van der Waals surface area contributed by atoms with Gasteiger partial charge in [0.2, 0.25) is 0 Å². The largest absolute Gasteiger partial charge is 0.479 e. The molecule has 1 rings (SSSR count). The van der Waals surface area contributed by atoms with Crippen LogP contribution in [0.5, 0.6) is 0 Å². The first-order valence-corrected chi connectivity index (χ1v) is 4.53. The van der Waals surface area contributed by atoms with Gasteiger partial charge < -0.3 is 10.4 Å². The third-order valence-corrected chi connectivity index (χ3v) is 2.12. The number of hydroxylamine groups is 1. The fraction of sp³-hybridized carbons (Fsp3) is 0.750. The van der Waals surface area contributed by atoms with Gasteiger partial charge in [0.25, 0.3) is 0 Å². The summed E-state index contributed by atoms with van der Waals surface area (Å²) in [6.07, 6.45) is 2.03. The van der Waals surface area contributed by atoms with E-state index in [0.717, 1.165) is 12.8 Å². The van der Waals surface area contributed by atoms with Crippen molar-refractivity contribution < 1.29 is 19.5 Å². The maximum Gasteiger partial charge on any atom is 0.338 e. The molecule has 1 fully saturated rings. The van der Waals surface area contributed by atoms with Gasteiger partial charge in [-0.3, -0.25) is 4.84 Å². The highest BCUT2D eigenvalue weighted by molar-refractivity contribution is 5.74. The summed E-state index contributed by atoms with van der Waals surface area (Å²) in [5, 5.41) is 10.9. The van der Waals surface area contributed by atoms with Crippen LogP contribution in [-0.2, 0) is 9.63 Å². The minimum absolute atomic E-state index is 0.216. The molecule has 14 heavy (non-hydrogen) atoms. The number of hydrogen-bond donors (Lipinski definition) is 3. The average molecular weight is 202 g/mol. The topological polar surface area (TPSA) is 87.7 Å². The molecule has 0 heterocycles. The molecular weight excluding hydrogens is 188 g/mol. The number of carbonyl (C=O) groups excluding carboxylic acids is 1. The van der Waals surface area contributed by atoms with Gasteiger partial charge in [-0.25, -0.2) is 15.1 Å². The van der Waals surface area contributed by atoms with E-state index in [1.807, 2.05) is 5.48 Å². The maximum atomic E-state index is 11.0. The molecule has 0 saturated heterocycles. The first-order valence-electron chi connectivity index (χ1n) is 4.53. The average Bonchev–Trinajstić information content (AvgIpc) is 2.82. The second kappa shape index (κ2) is 4.80. The highest BCUT2D eigenvalue weighted by Gasteiger charge is 2.36. The fourth-order valence-corrected chi connectivity index (χ4v) is 1.24. The van der Waals surface area contributed by atoms with Crippen LogP contribution in [0.4, 0.5) is 4.79 Å². The predicted molar refractivity (Wildman–Crippen MR) is 47.4 cm³/mol. The van der Waals surface area contributed by atoms with E-state index < -0.39 is 18.6 Å². The monoisotopic (exact) mass is 202 g/mol. The molecule has 1 aliphatic rings. The number of nitrogens with one attached hydrogen (secondary N) is 2. The Kier molecular flexibility index (Phi) is 3.70. The highest BCUT2D eigenvalue weighted by atomic mass is 16.7. The van der Waals surface area contributed by atoms with Gasteiger partial charge in [-0.2, -0.15) is 0 Å². The van der Waals surface area contributed by atoms with Crippen molar-refractivity contribution in [2.24, 2.45) is 5.92 Å². The third kappa shape index (κ3) is 3.61. The van der Waals surface area contributed by atoms with Crippen molar-refractivity contribution in [3.05, 3.63) is 0 Å². The lowest BCUT2D eigenvalue weighted by Gasteiger charge is -2.05. The van der Waals surface area contributed by atoms with E-state index in [9.17, 15) is 9.59 Å². The van der Waals surface area contributed by atoms with Crippen LogP contribution >= 0.6 is 0 Å². The number of aliphatic carboxylic acids is 1. The Bertz CT molecular complexity index is 231. The Balaban J connectivity index is 2.03. The minimum atomic E-state index is -1.12. The molecule has 1 saturated carbocycles. The van der Waals surface area contributed by atoms with Crippen LogP contribution in [0, 0.1) is 5.92 Å². The first kappa shape index (κ1) is 10.8. The van der Waals surface area contributed by atoms with Crippen molar-refractivity contribution in [3.8, 4) is 0 Å². The maximum absolute atomic E-state index is 11.0. The van der Waals surface area contributed by atoms with Crippen LogP contribution in [0.2, 0.25) is 0 Å². The normalized spacial score (nSPS) is 24.1. The Hall–Kier alpha value is -1.30. The van der Waals surface area contributed by atoms with E-state index >= 15 is 0 Å². The molecule has 6 nitrogen and oxygen atoms in total. The van der Waals surface area contributed by atoms with Crippen molar-refractivity contribution in [2.45, 2.75) is 25.8 Å². The molecule has 2 amide bonds. The molecule has 0 bridgehead atoms. The number of rotatable bonds is 5. The highest BCUT2D eigenvalue weighted by Crippen LogP contribution is 2.32. The Morgan fingerprint density at radius 1 is 1.57 bits per heavy atom. The summed E-state index contributed by atoms with van der Waals surface area (Å²) >= 11 is 0. The zero-order valence-electron chi connectivity index (χ0n) is 7.95. The second-order valence-electron chi connectivity index (χ2n) is 3.27. The molecule has 0 spiro atoms. The van der Waals surface area contributed by atoms with E-state index in [-0.39, 0.29) is 6.04 Å². The van der Waals surface area contributed by atoms with Gasteiger partial charge in [-0.15, -0.1) is 0 Å². The number of carboxylic acid groups (broad SMARTS) is 1. The number of carboxylic acids is 1. The van der Waals surface area contributed by atoms with E-state index in [1.54, 1.807) is 0 Å². The van der Waals surface area contributed by atoms with Gasteiger partial charge in [0, 0.05) is 6.04 Å². The Morgan fingerprint density at radius 3 is 2.79 bits per heavy atom. The van der Waals surface area contributed by atoms with Crippen molar-refractivity contribution >= 4 is 12.0 Å². The van der Waals surface area contributed by atoms with E-state index in [4.69, 9.17) is 5.11 Å². The van der Waals surface area contributed by atoms with Crippen LogP contribution in [-0.4, -0.2) is 29.8 Å². The molecule has 1 aliphatic carbocycles. The molecule has 0 radical (unpaired) electrons. The zero-order chi connectivity index (χ0) is 10.6. The SMILES string of the molecule is CCC1CC1NC(=O)NOCC(=O)O. The van der Waals surface area contributed by atoms with Crippen molar-refractivity contribution in [2.75, 3.05) is 6.61 Å². The van der Waals surface area contributed by atoms with Crippen LogP contribution in [0.25, 0.3) is 0 Å². The summed E-state index contributed by atoms with van der Waals surface area (Å²) < 4.78 is 0. The Labute approximate surface area is 81.6 Å². The van der Waals surface area contributed by atoms with Gasteiger partial charge in [-0.05, 0) is 12.3 Å². The summed E-state index contributed by atoms with van der Waals surface area (Å²) in [7, 11) is 0. The summed E-state index contributed by atoms with van der Waals surface area (Å²) in [6, 6.07) is -0.263. The fourth-order valence-electron chi connectivity index (χ4n) is 1.24. The van der Waals surface area contributed by atoms with Crippen LogP contribution < -0.4 is 10.8 Å². The number of hydrogen-bond acceptors (Lipinski definition) is 3. The molecule has 0 aliphatic heterocycles. The summed E-state index contributed by atoms with van der Waals surface area (Å²) in [5.74, 6) is -0.566. The van der Waals surface area contributed by atoms with Crippen molar-refractivity contribution in [1.29, 1.82) is 0 Å². The van der Waals surface area contributed by atoms with Gasteiger partial charge in [0.15, 0.2) is 6.61 Å². The molecule has 80 valence electrons. The quantitative estimate of drug-likeness (QED) is 0.552. The van der Waals surface area contributed by atoms with Gasteiger partial charge in [-0.1, -0.05) is 13.3 Å². The smallest absolute Gasteiger partial charge is 0.338 e. The standard InChI is InChI=1S/C8H14N2O4/c1-2-5-3-6(5)9-8(13)10-14-4-7(11)12/h5-6H,2-4H2,1H3,(H,11,12)(H2,9,10,13). The Morgan fingerprint density at radius 2 is 2.29 bits per heavy atom. The lowest BCUT2D eigenvalue weighted by Crippen LogP contribution is -2.38. The van der Waals surface area contributed by atoms with Crippen molar-refractivity contribution in [3.63, 3.8) is 0 Å². The number of urea groups is 1. The summed E-state index contributed by atoms with van der Waals surface area (Å²) in [5.41, 5.74) is 2.00. The van der Waals surface area contributed by atoms with Crippen LogP contribution in [0.3, 0.4) is 0 Å².